The number of rotatable bonds is 3. The van der Waals surface area contributed by atoms with Crippen LogP contribution in [0.2, 0.25) is 0 Å². The highest BCUT2D eigenvalue weighted by Gasteiger charge is 2.34. The van der Waals surface area contributed by atoms with E-state index in [1.807, 2.05) is 26.8 Å². The molecule has 2 unspecified atom stereocenters. The number of halogens is 1. The van der Waals surface area contributed by atoms with E-state index in [1.165, 1.54) is 11.4 Å². The zero-order valence-corrected chi connectivity index (χ0v) is 15.1. The Kier molecular flexibility index (Phi) is 6.27. The molecule has 1 aliphatic heterocycles. The van der Waals surface area contributed by atoms with E-state index in [1.54, 1.807) is 6.07 Å². The van der Waals surface area contributed by atoms with E-state index in [9.17, 15) is 8.42 Å². The summed E-state index contributed by atoms with van der Waals surface area (Å²) in [5.41, 5.74) is 7.72. The number of hydrogen-bond donors (Lipinski definition) is 1. The van der Waals surface area contributed by atoms with Crippen molar-refractivity contribution in [1.82, 2.24) is 4.31 Å². The number of hydrogen-bond acceptors (Lipinski definition) is 4. The maximum atomic E-state index is 12.9. The Balaban J connectivity index is 0.00000242. The van der Waals surface area contributed by atoms with Crippen LogP contribution in [-0.2, 0) is 10.0 Å². The molecule has 1 aliphatic rings. The molecule has 2 rings (SSSR count). The second-order valence-corrected chi connectivity index (χ2v) is 7.81. The van der Waals surface area contributed by atoms with Gasteiger partial charge in [-0.05, 0) is 43.4 Å². The summed E-state index contributed by atoms with van der Waals surface area (Å²) in [5.74, 6) is 0.591. The summed E-state index contributed by atoms with van der Waals surface area (Å²) in [7, 11) is -2.05. The van der Waals surface area contributed by atoms with Gasteiger partial charge in [-0.25, -0.2) is 8.42 Å². The standard InChI is InChI=1S/C15H24N2O3S.ClH/c1-10-7-11(2)15(20-4)14(8-10)21(18,19)17-6-5-13(16)12(3)9-17;/h7-8,12-13H,5-6,9,16H2,1-4H3;1H. The summed E-state index contributed by atoms with van der Waals surface area (Å²) in [6.45, 7) is 6.66. The van der Waals surface area contributed by atoms with Crippen LogP contribution in [-0.4, -0.2) is 39.0 Å². The van der Waals surface area contributed by atoms with Crippen LogP contribution >= 0.6 is 12.4 Å². The van der Waals surface area contributed by atoms with Gasteiger partial charge in [-0.2, -0.15) is 4.31 Å². The molecule has 0 aromatic heterocycles. The van der Waals surface area contributed by atoms with Crippen LogP contribution in [0.1, 0.15) is 24.5 Å². The highest BCUT2D eigenvalue weighted by atomic mass is 35.5. The maximum absolute atomic E-state index is 12.9. The van der Waals surface area contributed by atoms with Gasteiger partial charge in [-0.1, -0.05) is 13.0 Å². The molecule has 0 radical (unpaired) electrons. The molecule has 0 spiro atoms. The first-order valence-electron chi connectivity index (χ1n) is 7.18. The molecule has 1 aromatic carbocycles. The Bertz CT molecular complexity index is 634. The third-order valence-electron chi connectivity index (χ3n) is 4.14. The fourth-order valence-electron chi connectivity index (χ4n) is 2.85. The fraction of sp³-hybridized carbons (Fsp3) is 0.600. The van der Waals surface area contributed by atoms with E-state index >= 15 is 0 Å². The summed E-state index contributed by atoms with van der Waals surface area (Å²) in [5, 5.41) is 0. The van der Waals surface area contributed by atoms with E-state index in [-0.39, 0.29) is 29.3 Å². The number of piperidine rings is 1. The second-order valence-electron chi connectivity index (χ2n) is 5.91. The molecule has 2 atom stereocenters. The molecule has 0 aliphatic carbocycles. The van der Waals surface area contributed by atoms with Gasteiger partial charge in [0.15, 0.2) is 0 Å². The Morgan fingerprint density at radius 1 is 1.32 bits per heavy atom. The summed E-state index contributed by atoms with van der Waals surface area (Å²) >= 11 is 0. The summed E-state index contributed by atoms with van der Waals surface area (Å²) in [4.78, 5) is 0.255. The first kappa shape index (κ1) is 19.2. The zero-order chi connectivity index (χ0) is 15.8. The molecule has 5 nitrogen and oxygen atoms in total. The third-order valence-corrected chi connectivity index (χ3v) is 6.01. The quantitative estimate of drug-likeness (QED) is 0.907. The zero-order valence-electron chi connectivity index (χ0n) is 13.5. The number of nitrogens with zero attached hydrogens (tertiary/aromatic N) is 1. The van der Waals surface area contributed by atoms with Gasteiger partial charge in [-0.15, -0.1) is 12.4 Å². The minimum absolute atomic E-state index is 0. The lowest BCUT2D eigenvalue weighted by atomic mass is 9.96. The van der Waals surface area contributed by atoms with Crippen LogP contribution in [0, 0.1) is 19.8 Å². The number of ether oxygens (including phenoxy) is 1. The van der Waals surface area contributed by atoms with E-state index < -0.39 is 10.0 Å². The van der Waals surface area contributed by atoms with Gasteiger partial charge < -0.3 is 10.5 Å². The van der Waals surface area contributed by atoms with Gasteiger partial charge in [0.1, 0.15) is 10.6 Å². The summed E-state index contributed by atoms with van der Waals surface area (Å²) in [6, 6.07) is 3.67. The molecular formula is C15H25ClN2O3S. The van der Waals surface area contributed by atoms with Crippen molar-refractivity contribution >= 4 is 22.4 Å². The fourth-order valence-corrected chi connectivity index (χ4v) is 4.72. The molecule has 1 aromatic rings. The highest BCUT2D eigenvalue weighted by Crippen LogP contribution is 2.33. The van der Waals surface area contributed by atoms with Crippen LogP contribution in [0.25, 0.3) is 0 Å². The van der Waals surface area contributed by atoms with Crippen molar-refractivity contribution in [2.75, 3.05) is 20.2 Å². The molecule has 22 heavy (non-hydrogen) atoms. The number of nitrogens with two attached hydrogens (primary N) is 1. The first-order valence-corrected chi connectivity index (χ1v) is 8.62. The van der Waals surface area contributed by atoms with Gasteiger partial charge in [0.05, 0.1) is 7.11 Å². The molecule has 0 bridgehead atoms. The monoisotopic (exact) mass is 348 g/mol. The van der Waals surface area contributed by atoms with Gasteiger partial charge >= 0.3 is 0 Å². The normalized spacial score (nSPS) is 23.0. The number of benzene rings is 1. The van der Waals surface area contributed by atoms with E-state index in [0.717, 1.165) is 11.1 Å². The molecule has 0 amide bonds. The van der Waals surface area contributed by atoms with E-state index in [4.69, 9.17) is 10.5 Å². The van der Waals surface area contributed by atoms with Crippen molar-refractivity contribution in [3.8, 4) is 5.75 Å². The lowest BCUT2D eigenvalue weighted by Crippen LogP contribution is -2.48. The SMILES string of the molecule is COc1c(C)cc(C)cc1S(=O)(=O)N1CCC(N)C(C)C1.Cl. The number of aryl methyl sites for hydroxylation is 2. The average Bonchev–Trinajstić information content (AvgIpc) is 2.41. The Morgan fingerprint density at radius 3 is 2.50 bits per heavy atom. The Morgan fingerprint density at radius 2 is 1.95 bits per heavy atom. The van der Waals surface area contributed by atoms with Crippen molar-refractivity contribution in [2.45, 2.75) is 38.1 Å². The summed E-state index contributed by atoms with van der Waals surface area (Å²) < 4.78 is 32.7. The smallest absolute Gasteiger partial charge is 0.246 e. The predicted octanol–water partition coefficient (Wildman–Crippen LogP) is 2.09. The molecule has 126 valence electrons. The lowest BCUT2D eigenvalue weighted by Gasteiger charge is -2.34. The molecule has 2 N–H and O–H groups in total. The van der Waals surface area contributed by atoms with E-state index in [0.29, 0.717) is 25.3 Å². The highest BCUT2D eigenvalue weighted by molar-refractivity contribution is 7.89. The predicted molar refractivity (Wildman–Crippen MR) is 90.2 cm³/mol. The molecule has 7 heteroatoms. The van der Waals surface area contributed by atoms with Crippen LogP contribution in [0.5, 0.6) is 5.75 Å². The molecular weight excluding hydrogens is 324 g/mol. The average molecular weight is 349 g/mol. The minimum atomic E-state index is -3.55. The van der Waals surface area contributed by atoms with Crippen molar-refractivity contribution in [1.29, 1.82) is 0 Å². The Labute approximate surface area is 139 Å². The van der Waals surface area contributed by atoms with Crippen molar-refractivity contribution < 1.29 is 13.2 Å². The molecule has 1 fully saturated rings. The third kappa shape index (κ3) is 3.56. The first-order chi connectivity index (χ1) is 9.77. The van der Waals surface area contributed by atoms with Gasteiger partial charge in [0, 0.05) is 19.1 Å². The number of methoxy groups -OCH3 is 1. The topological polar surface area (TPSA) is 72.6 Å². The molecule has 1 saturated heterocycles. The molecule has 0 saturated carbocycles. The molecule has 1 heterocycles. The Hall–Kier alpha value is -0.820. The van der Waals surface area contributed by atoms with Crippen molar-refractivity contribution in [3.05, 3.63) is 23.3 Å². The lowest BCUT2D eigenvalue weighted by molar-refractivity contribution is 0.249. The number of sulfonamides is 1. The van der Waals surface area contributed by atoms with Gasteiger partial charge in [0.2, 0.25) is 10.0 Å². The van der Waals surface area contributed by atoms with E-state index in [2.05, 4.69) is 0 Å². The van der Waals surface area contributed by atoms with Crippen LogP contribution in [0.15, 0.2) is 17.0 Å². The van der Waals surface area contributed by atoms with Gasteiger partial charge in [-0.3, -0.25) is 0 Å². The van der Waals surface area contributed by atoms with Crippen LogP contribution < -0.4 is 10.5 Å². The van der Waals surface area contributed by atoms with Crippen LogP contribution in [0.4, 0.5) is 0 Å². The van der Waals surface area contributed by atoms with Crippen molar-refractivity contribution in [3.63, 3.8) is 0 Å². The van der Waals surface area contributed by atoms with Crippen molar-refractivity contribution in [2.24, 2.45) is 11.7 Å². The van der Waals surface area contributed by atoms with Crippen LogP contribution in [0.3, 0.4) is 0 Å². The minimum Gasteiger partial charge on any atom is -0.495 e. The second kappa shape index (κ2) is 7.17. The largest absolute Gasteiger partial charge is 0.495 e. The summed E-state index contributed by atoms with van der Waals surface area (Å²) in [6.07, 6.45) is 0.688. The van der Waals surface area contributed by atoms with Gasteiger partial charge in [0.25, 0.3) is 0 Å². The maximum Gasteiger partial charge on any atom is 0.246 e.